The lowest BCUT2D eigenvalue weighted by Gasteiger charge is -2.44. The molecule has 0 saturated heterocycles. The predicted molar refractivity (Wildman–Crippen MR) is 356 cm³/mol. The number of nitrogens with zero attached hydrogens (tertiary/aromatic N) is 4. The SMILES string of the molecule is [2H]c1c([2H])c([2H])c2c(c1[2H])c1c([2H])c([2H])c([2H])c([2H])c1n2-c1ccc2c(c1)N(c1ccccc1-c1ccc(C(C)(C)C)cc1)c1cccc3c1B2c1ccc(-n2c4ccccc4c4ccccc42)cc1N3c1cccc(-c2cc(C(C)(C)C)cc(C(C)(C)C)c2)c1. The van der Waals surface area contributed by atoms with Gasteiger partial charge in [0.2, 0.25) is 0 Å². The molecule has 5 heteroatoms. The molecule has 4 heterocycles. The van der Waals surface area contributed by atoms with E-state index in [1.165, 1.54) is 27.5 Å². The fraction of sp³-hybridized carbons (Fsp3) is 0.154. The van der Waals surface area contributed by atoms with Gasteiger partial charge in [-0.15, -0.1) is 0 Å². The van der Waals surface area contributed by atoms with E-state index in [2.05, 4.69) is 259 Å². The van der Waals surface area contributed by atoms with E-state index in [0.29, 0.717) is 5.69 Å². The first-order valence-corrected chi connectivity index (χ1v) is 28.9. The van der Waals surface area contributed by atoms with Crippen LogP contribution in [0.2, 0.25) is 0 Å². The maximum Gasteiger partial charge on any atom is 0.252 e. The Labute approximate surface area is 499 Å². The van der Waals surface area contributed by atoms with Gasteiger partial charge in [-0.1, -0.05) is 226 Å². The molecule has 0 unspecified atom stereocenters. The van der Waals surface area contributed by atoms with Gasteiger partial charge in [0.15, 0.2) is 0 Å². The van der Waals surface area contributed by atoms with E-state index in [0.717, 1.165) is 89.5 Å². The Morgan fingerprint density at radius 3 is 1.41 bits per heavy atom. The smallest absolute Gasteiger partial charge is 0.252 e. The first-order chi connectivity index (χ1) is 43.4. The minimum atomic E-state index is -0.484. The Bertz CT molecular complexity index is 5090. The Morgan fingerprint density at radius 2 is 0.819 bits per heavy atom. The number of rotatable bonds is 6. The third-order valence-corrected chi connectivity index (χ3v) is 17.4. The summed E-state index contributed by atoms with van der Waals surface area (Å²) in [4.78, 5) is 4.79. The molecule has 0 amide bonds. The zero-order valence-electron chi connectivity index (χ0n) is 56.3. The van der Waals surface area contributed by atoms with E-state index in [-0.39, 0.29) is 68.9 Å². The second kappa shape index (κ2) is 18.6. The van der Waals surface area contributed by atoms with Crippen molar-refractivity contribution < 1.29 is 11.0 Å². The molecule has 15 rings (SSSR count). The van der Waals surface area contributed by atoms with Gasteiger partial charge in [0.25, 0.3) is 6.71 Å². The van der Waals surface area contributed by atoms with Gasteiger partial charge in [-0.25, -0.2) is 0 Å². The summed E-state index contributed by atoms with van der Waals surface area (Å²) in [5.74, 6) is 0. The Hall–Kier alpha value is -9.32. The lowest BCUT2D eigenvalue weighted by Crippen LogP contribution is -2.61. The molecular formula is C78H67BN4. The molecule has 11 aromatic carbocycles. The highest BCUT2D eigenvalue weighted by Crippen LogP contribution is 2.49. The zero-order valence-corrected chi connectivity index (χ0v) is 48.3. The number of aromatic nitrogens is 2. The molecule has 0 spiro atoms. The minimum Gasteiger partial charge on any atom is -0.311 e. The lowest BCUT2D eigenvalue weighted by atomic mass is 9.33. The van der Waals surface area contributed by atoms with Crippen LogP contribution in [0, 0.1) is 0 Å². The van der Waals surface area contributed by atoms with Crippen molar-refractivity contribution in [2.45, 2.75) is 78.6 Å². The summed E-state index contributed by atoms with van der Waals surface area (Å²) in [6, 6.07) is 66.8. The molecule has 0 radical (unpaired) electrons. The molecule has 13 aromatic rings. The number of anilines is 6. The van der Waals surface area contributed by atoms with Gasteiger partial charge in [0.1, 0.15) is 0 Å². The van der Waals surface area contributed by atoms with Crippen LogP contribution < -0.4 is 26.2 Å². The van der Waals surface area contributed by atoms with E-state index in [9.17, 15) is 5.48 Å². The molecule has 83 heavy (non-hydrogen) atoms. The Balaban J connectivity index is 1.04. The van der Waals surface area contributed by atoms with Crippen molar-refractivity contribution in [1.29, 1.82) is 0 Å². The molecule has 2 aromatic heterocycles. The van der Waals surface area contributed by atoms with Gasteiger partial charge in [-0.05, 0) is 145 Å². The summed E-state index contributed by atoms with van der Waals surface area (Å²) in [5.41, 5.74) is 20.3. The average Bonchev–Trinajstić information content (AvgIpc) is 1.64. The summed E-state index contributed by atoms with van der Waals surface area (Å²) in [7, 11) is 0. The highest BCUT2D eigenvalue weighted by Gasteiger charge is 2.44. The summed E-state index contributed by atoms with van der Waals surface area (Å²) in [6.07, 6.45) is 0. The van der Waals surface area contributed by atoms with Crippen molar-refractivity contribution in [1.82, 2.24) is 9.13 Å². The van der Waals surface area contributed by atoms with Crippen LogP contribution in [-0.4, -0.2) is 15.8 Å². The van der Waals surface area contributed by atoms with Crippen LogP contribution in [0.5, 0.6) is 0 Å². The van der Waals surface area contributed by atoms with E-state index in [1.54, 1.807) is 4.57 Å². The standard InChI is InChI=1S/C78H67BN4/c1-76(2,3)53-38-36-50(37-39-53)59-24-10-15-29-66(59)83-72-35-21-34-71-75(72)79(65-43-41-58(49-74(65)83)81-69-32-18-13-27-62(69)63-28-14-19-33-70(63)81)64-42-40-57(80-67-30-16-11-25-60(67)61-26-12-17-31-68(61)80)48-73(64)82(71)56-23-20-22-51(46-56)52-44-54(77(4,5)6)47-55(45-52)78(7,8)9/h10-49H,1-9H3/i13D,14D,18D,19D,27D,28D,32D,33D. The van der Waals surface area contributed by atoms with Gasteiger partial charge in [0.05, 0.1) is 38.7 Å². The predicted octanol–water partition coefficient (Wildman–Crippen LogP) is 19.2. The first kappa shape index (κ1) is 42.5. The lowest BCUT2D eigenvalue weighted by molar-refractivity contribution is 0.569. The minimum absolute atomic E-state index is 0.0302. The van der Waals surface area contributed by atoms with Crippen LogP contribution in [0.15, 0.2) is 242 Å². The highest BCUT2D eigenvalue weighted by atomic mass is 15.2. The maximum absolute atomic E-state index is 9.54. The molecule has 4 nitrogen and oxygen atoms in total. The van der Waals surface area contributed by atoms with Crippen molar-refractivity contribution in [2.75, 3.05) is 9.80 Å². The normalized spacial score (nSPS) is 14.6. The highest BCUT2D eigenvalue weighted by molar-refractivity contribution is 7.00. The van der Waals surface area contributed by atoms with Crippen LogP contribution in [0.25, 0.3) is 77.2 Å². The summed E-state index contributed by atoms with van der Waals surface area (Å²) >= 11 is 0. The van der Waals surface area contributed by atoms with Crippen molar-refractivity contribution in [3.8, 4) is 33.6 Å². The molecule has 0 bridgehead atoms. The number of benzene rings is 11. The van der Waals surface area contributed by atoms with Crippen molar-refractivity contribution in [3.63, 3.8) is 0 Å². The van der Waals surface area contributed by atoms with E-state index >= 15 is 0 Å². The second-order valence-corrected chi connectivity index (χ2v) is 25.6. The molecule has 0 saturated carbocycles. The fourth-order valence-electron chi connectivity index (χ4n) is 13.1. The molecule has 0 atom stereocenters. The van der Waals surface area contributed by atoms with E-state index < -0.39 is 24.2 Å². The molecular weight excluding hydrogens is 1000 g/mol. The monoisotopic (exact) mass is 1080 g/mol. The van der Waals surface area contributed by atoms with Gasteiger partial charge >= 0.3 is 0 Å². The quantitative estimate of drug-likeness (QED) is 0.154. The molecule has 0 aliphatic carbocycles. The van der Waals surface area contributed by atoms with Crippen LogP contribution in [-0.2, 0) is 16.2 Å². The van der Waals surface area contributed by atoms with E-state index in [1.807, 2.05) is 12.1 Å². The van der Waals surface area contributed by atoms with Gasteiger partial charge in [-0.2, -0.15) is 0 Å². The van der Waals surface area contributed by atoms with Gasteiger partial charge in [0, 0.05) is 66.9 Å². The summed E-state index contributed by atoms with van der Waals surface area (Å²) in [5, 5.41) is 2.39. The number of fused-ring (bicyclic) bond motifs is 10. The van der Waals surface area contributed by atoms with Crippen LogP contribution >= 0.6 is 0 Å². The van der Waals surface area contributed by atoms with Crippen molar-refractivity contribution in [2.24, 2.45) is 0 Å². The zero-order chi connectivity index (χ0) is 63.6. The van der Waals surface area contributed by atoms with Crippen LogP contribution in [0.1, 0.15) is 90.0 Å². The van der Waals surface area contributed by atoms with Crippen LogP contribution in [0.4, 0.5) is 34.1 Å². The Morgan fingerprint density at radius 1 is 0.325 bits per heavy atom. The molecule has 402 valence electrons. The molecule has 0 N–H and O–H groups in total. The van der Waals surface area contributed by atoms with Gasteiger partial charge < -0.3 is 18.9 Å². The summed E-state index contributed by atoms with van der Waals surface area (Å²) < 4.78 is 77.4. The molecule has 2 aliphatic heterocycles. The largest absolute Gasteiger partial charge is 0.311 e. The van der Waals surface area contributed by atoms with Crippen molar-refractivity contribution in [3.05, 3.63) is 259 Å². The van der Waals surface area contributed by atoms with Crippen molar-refractivity contribution >= 4 is 101 Å². The average molecular weight is 1080 g/mol. The maximum atomic E-state index is 9.54. The third-order valence-electron chi connectivity index (χ3n) is 17.4. The topological polar surface area (TPSA) is 16.3 Å². The fourth-order valence-corrected chi connectivity index (χ4v) is 13.1. The number of hydrogen-bond acceptors (Lipinski definition) is 2. The second-order valence-electron chi connectivity index (χ2n) is 25.6. The summed E-state index contributed by atoms with van der Waals surface area (Å²) in [6.45, 7) is 20.0. The third kappa shape index (κ3) is 8.10. The Kier molecular flexibility index (Phi) is 9.53. The van der Waals surface area contributed by atoms with Crippen LogP contribution in [0.3, 0.4) is 0 Å². The molecule has 0 fully saturated rings. The number of hydrogen-bond donors (Lipinski definition) is 0. The first-order valence-electron chi connectivity index (χ1n) is 32.9. The van der Waals surface area contributed by atoms with Gasteiger partial charge in [-0.3, -0.25) is 0 Å². The number of para-hydroxylation sites is 5. The molecule has 2 aliphatic rings. The van der Waals surface area contributed by atoms with E-state index in [4.69, 9.17) is 5.48 Å².